The third-order valence-electron chi connectivity index (χ3n) is 4.36. The maximum atomic E-state index is 12.1. The van der Waals surface area contributed by atoms with Gasteiger partial charge in [-0.3, -0.25) is 14.8 Å². The molecule has 1 atom stereocenters. The van der Waals surface area contributed by atoms with Crippen LogP contribution in [-0.2, 0) is 0 Å². The number of guanidine groups is 1. The summed E-state index contributed by atoms with van der Waals surface area (Å²) in [5.74, 6) is 1.99. The van der Waals surface area contributed by atoms with Gasteiger partial charge in [0.2, 0.25) is 0 Å². The average Bonchev–Trinajstić information content (AvgIpc) is 2.78. The van der Waals surface area contributed by atoms with Crippen molar-refractivity contribution in [2.24, 2.45) is 4.99 Å². The number of rotatable bonds is 11. The normalized spacial score (nSPS) is 12.1. The molecule has 1 heterocycles. The van der Waals surface area contributed by atoms with Crippen molar-refractivity contribution < 1.29 is 14.3 Å². The highest BCUT2D eigenvalue weighted by molar-refractivity contribution is 5.93. The van der Waals surface area contributed by atoms with E-state index in [4.69, 9.17) is 9.47 Å². The molecule has 0 radical (unpaired) electrons. The second-order valence-corrected chi connectivity index (χ2v) is 6.70. The topological polar surface area (TPSA) is 96.9 Å². The number of pyridine rings is 1. The second-order valence-electron chi connectivity index (χ2n) is 6.70. The number of aliphatic imine (C=N–C) groups is 1. The number of hydrogen-bond acceptors (Lipinski definition) is 5. The Morgan fingerprint density at radius 3 is 2.55 bits per heavy atom. The van der Waals surface area contributed by atoms with Crippen molar-refractivity contribution in [3.05, 3.63) is 53.9 Å². The summed E-state index contributed by atoms with van der Waals surface area (Å²) in [4.78, 5) is 20.6. The molecule has 0 saturated heterocycles. The van der Waals surface area contributed by atoms with E-state index in [1.54, 1.807) is 24.5 Å². The van der Waals surface area contributed by atoms with Crippen molar-refractivity contribution in [2.75, 3.05) is 32.8 Å². The number of nitrogens with zero attached hydrogens (tertiary/aromatic N) is 2. The van der Waals surface area contributed by atoms with Crippen molar-refractivity contribution >= 4 is 11.9 Å². The minimum absolute atomic E-state index is 0.00216. The molecule has 0 aliphatic carbocycles. The zero-order chi connectivity index (χ0) is 22.5. The lowest BCUT2D eigenvalue weighted by Gasteiger charge is -2.20. The molecule has 1 amide bonds. The number of nitrogens with one attached hydrogen (secondary N) is 3. The summed E-state index contributed by atoms with van der Waals surface area (Å²) in [6, 6.07) is 9.40. The lowest BCUT2D eigenvalue weighted by molar-refractivity contribution is 0.0954. The van der Waals surface area contributed by atoms with E-state index in [9.17, 15) is 4.79 Å². The fourth-order valence-electron chi connectivity index (χ4n) is 2.88. The monoisotopic (exact) mass is 427 g/mol. The largest absolute Gasteiger partial charge is 0.490 e. The minimum Gasteiger partial charge on any atom is -0.490 e. The van der Waals surface area contributed by atoms with Gasteiger partial charge in [0.15, 0.2) is 17.5 Å². The molecular formula is C23H33N5O3. The summed E-state index contributed by atoms with van der Waals surface area (Å²) in [5.41, 5.74) is 1.59. The Kier molecular flexibility index (Phi) is 10.1. The fourth-order valence-corrected chi connectivity index (χ4v) is 2.88. The molecular weight excluding hydrogens is 394 g/mol. The SMILES string of the molecule is CCNC(=NCCNC(=O)c1cccnc1)NC(C)c1ccc(OCC)c(OCC)c1. The molecule has 168 valence electrons. The number of amides is 1. The summed E-state index contributed by atoms with van der Waals surface area (Å²) >= 11 is 0. The predicted molar refractivity (Wildman–Crippen MR) is 123 cm³/mol. The average molecular weight is 428 g/mol. The summed E-state index contributed by atoms with van der Waals surface area (Å²) in [5, 5.41) is 9.48. The van der Waals surface area contributed by atoms with E-state index in [1.165, 1.54) is 0 Å². The molecule has 8 nitrogen and oxygen atoms in total. The first kappa shape index (κ1) is 24.0. The molecule has 0 spiro atoms. The molecule has 0 fully saturated rings. The number of benzene rings is 1. The Morgan fingerprint density at radius 1 is 1.10 bits per heavy atom. The lowest BCUT2D eigenvalue weighted by Crippen LogP contribution is -2.39. The number of aromatic nitrogens is 1. The summed E-state index contributed by atoms with van der Waals surface area (Å²) in [6.45, 7) is 10.7. The van der Waals surface area contributed by atoms with Crippen molar-refractivity contribution in [3.8, 4) is 11.5 Å². The van der Waals surface area contributed by atoms with Crippen LogP contribution in [-0.4, -0.2) is 49.7 Å². The summed E-state index contributed by atoms with van der Waals surface area (Å²) < 4.78 is 11.4. The van der Waals surface area contributed by atoms with E-state index in [-0.39, 0.29) is 11.9 Å². The van der Waals surface area contributed by atoms with E-state index in [0.717, 1.165) is 23.6 Å². The quantitative estimate of drug-likeness (QED) is 0.290. The molecule has 0 aliphatic rings. The molecule has 1 aromatic heterocycles. The number of hydrogen-bond donors (Lipinski definition) is 3. The number of carbonyl (C=O) groups excluding carboxylic acids is 1. The van der Waals surface area contributed by atoms with Gasteiger partial charge in [0, 0.05) is 25.5 Å². The van der Waals surface area contributed by atoms with Gasteiger partial charge in [-0.05, 0) is 57.5 Å². The standard InChI is InChI=1S/C23H33N5O3/c1-5-25-23(27-14-13-26-22(29)19-9-8-12-24-16-19)28-17(4)18-10-11-20(30-6-2)21(15-18)31-7-3/h8-12,15-17H,5-7,13-14H2,1-4H3,(H,26,29)(H2,25,27,28). The molecule has 0 bridgehead atoms. The number of ether oxygens (including phenoxy) is 2. The van der Waals surface area contributed by atoms with Crippen LogP contribution in [0.5, 0.6) is 11.5 Å². The lowest BCUT2D eigenvalue weighted by atomic mass is 10.1. The fraction of sp³-hybridized carbons (Fsp3) is 0.435. The molecule has 3 N–H and O–H groups in total. The smallest absolute Gasteiger partial charge is 0.252 e. The van der Waals surface area contributed by atoms with Gasteiger partial charge >= 0.3 is 0 Å². The molecule has 1 aromatic carbocycles. The van der Waals surface area contributed by atoms with Crippen LogP contribution in [0, 0.1) is 0 Å². The van der Waals surface area contributed by atoms with Crippen molar-refractivity contribution in [2.45, 2.75) is 33.7 Å². The second kappa shape index (κ2) is 13.1. The maximum Gasteiger partial charge on any atom is 0.252 e. The van der Waals surface area contributed by atoms with Gasteiger partial charge in [-0.15, -0.1) is 0 Å². The third-order valence-corrected chi connectivity index (χ3v) is 4.36. The molecule has 31 heavy (non-hydrogen) atoms. The highest BCUT2D eigenvalue weighted by Crippen LogP contribution is 2.30. The van der Waals surface area contributed by atoms with Crippen LogP contribution in [0.15, 0.2) is 47.7 Å². The van der Waals surface area contributed by atoms with E-state index in [2.05, 4.69) is 32.9 Å². The van der Waals surface area contributed by atoms with Gasteiger partial charge in [0.25, 0.3) is 5.91 Å². The number of carbonyl (C=O) groups is 1. The first-order chi connectivity index (χ1) is 15.1. The minimum atomic E-state index is -0.160. The van der Waals surface area contributed by atoms with Gasteiger partial charge in [0.05, 0.1) is 31.4 Å². The Bertz CT molecular complexity index is 842. The molecule has 1 unspecified atom stereocenters. The Hall–Kier alpha value is -3.29. The zero-order valence-electron chi connectivity index (χ0n) is 18.8. The first-order valence-corrected chi connectivity index (χ1v) is 10.7. The zero-order valence-corrected chi connectivity index (χ0v) is 18.8. The van der Waals surface area contributed by atoms with Gasteiger partial charge < -0.3 is 25.4 Å². The van der Waals surface area contributed by atoms with E-state index >= 15 is 0 Å². The van der Waals surface area contributed by atoms with Gasteiger partial charge in [0.1, 0.15) is 0 Å². The van der Waals surface area contributed by atoms with Gasteiger partial charge in [-0.25, -0.2) is 0 Å². The molecule has 0 aliphatic heterocycles. The molecule has 2 rings (SSSR count). The Morgan fingerprint density at radius 2 is 1.87 bits per heavy atom. The van der Waals surface area contributed by atoms with Crippen LogP contribution in [0.4, 0.5) is 0 Å². The van der Waals surface area contributed by atoms with Crippen LogP contribution in [0.3, 0.4) is 0 Å². The van der Waals surface area contributed by atoms with Crippen LogP contribution in [0.2, 0.25) is 0 Å². The van der Waals surface area contributed by atoms with Crippen LogP contribution >= 0.6 is 0 Å². The molecule has 2 aromatic rings. The first-order valence-electron chi connectivity index (χ1n) is 10.7. The van der Waals surface area contributed by atoms with Crippen molar-refractivity contribution in [1.29, 1.82) is 0 Å². The van der Waals surface area contributed by atoms with E-state index < -0.39 is 0 Å². The van der Waals surface area contributed by atoms with Crippen LogP contribution in [0.1, 0.15) is 49.7 Å². The summed E-state index contributed by atoms with van der Waals surface area (Å²) in [7, 11) is 0. The highest BCUT2D eigenvalue weighted by atomic mass is 16.5. The Balaban J connectivity index is 1.96. The van der Waals surface area contributed by atoms with Crippen molar-refractivity contribution in [3.63, 3.8) is 0 Å². The van der Waals surface area contributed by atoms with E-state index in [1.807, 2.05) is 39.0 Å². The van der Waals surface area contributed by atoms with Crippen LogP contribution in [0.25, 0.3) is 0 Å². The van der Waals surface area contributed by atoms with Crippen molar-refractivity contribution in [1.82, 2.24) is 20.9 Å². The summed E-state index contributed by atoms with van der Waals surface area (Å²) in [6.07, 6.45) is 3.18. The van der Waals surface area contributed by atoms with Gasteiger partial charge in [-0.2, -0.15) is 0 Å². The predicted octanol–water partition coefficient (Wildman–Crippen LogP) is 2.93. The third kappa shape index (κ3) is 7.81. The van der Waals surface area contributed by atoms with E-state index in [0.29, 0.717) is 37.8 Å². The maximum absolute atomic E-state index is 12.1. The molecule has 8 heteroatoms. The Labute approximate surface area is 184 Å². The van der Waals surface area contributed by atoms with Gasteiger partial charge in [-0.1, -0.05) is 6.07 Å². The highest BCUT2D eigenvalue weighted by Gasteiger charge is 2.12. The van der Waals surface area contributed by atoms with Crippen LogP contribution < -0.4 is 25.4 Å². The molecule has 0 saturated carbocycles.